The first kappa shape index (κ1) is 16.2. The molecule has 118 valence electrons. The number of nitrogens with one attached hydrogen (secondary N) is 1. The predicted molar refractivity (Wildman–Crippen MR) is 88.9 cm³/mol. The van der Waals surface area contributed by atoms with Crippen LogP contribution in [0.3, 0.4) is 0 Å². The second kappa shape index (κ2) is 9.68. The van der Waals surface area contributed by atoms with Gasteiger partial charge in [-0.25, -0.2) is 0 Å². The van der Waals surface area contributed by atoms with Gasteiger partial charge in [0.05, 0.1) is 6.61 Å². The molecular weight excluding hydrogens is 278 g/mol. The van der Waals surface area contributed by atoms with E-state index < -0.39 is 0 Å². The lowest BCUT2D eigenvalue weighted by molar-refractivity contribution is 0.110. The molecule has 0 unspecified atom stereocenters. The minimum Gasteiger partial charge on any atom is -0.492 e. The average Bonchev–Trinajstić information content (AvgIpc) is 2.58. The van der Waals surface area contributed by atoms with Crippen LogP contribution in [0.2, 0.25) is 0 Å². The molecule has 0 bridgehead atoms. The Morgan fingerprint density at radius 2 is 1.45 bits per heavy atom. The lowest BCUT2D eigenvalue weighted by Crippen LogP contribution is -2.11. The van der Waals surface area contributed by atoms with Gasteiger partial charge in [-0.3, -0.25) is 0 Å². The van der Waals surface area contributed by atoms with E-state index in [0.29, 0.717) is 19.8 Å². The van der Waals surface area contributed by atoms with E-state index in [1.54, 1.807) is 0 Å². The standard InChI is InChI=1S/C18H23NO3/c1-2-20-14-15-22-18-10-8-16(9-11-18)19-12-13-21-17-6-4-3-5-7-17/h3-11,19H,2,12-15H2,1H3. The Bertz CT molecular complexity index is 514. The number of ether oxygens (including phenoxy) is 3. The van der Waals surface area contributed by atoms with Crippen molar-refractivity contribution in [3.63, 3.8) is 0 Å². The number of para-hydroxylation sites is 1. The Labute approximate surface area is 132 Å². The second-order valence-corrected chi connectivity index (χ2v) is 4.66. The number of hydrogen-bond donors (Lipinski definition) is 1. The lowest BCUT2D eigenvalue weighted by Gasteiger charge is -2.10. The highest BCUT2D eigenvalue weighted by Crippen LogP contribution is 2.15. The largest absolute Gasteiger partial charge is 0.492 e. The Morgan fingerprint density at radius 1 is 0.773 bits per heavy atom. The summed E-state index contributed by atoms with van der Waals surface area (Å²) in [4.78, 5) is 0. The van der Waals surface area contributed by atoms with E-state index in [1.165, 1.54) is 0 Å². The van der Waals surface area contributed by atoms with E-state index in [9.17, 15) is 0 Å². The van der Waals surface area contributed by atoms with Crippen molar-refractivity contribution >= 4 is 5.69 Å². The third kappa shape index (κ3) is 6.06. The number of benzene rings is 2. The van der Waals surface area contributed by atoms with Gasteiger partial charge in [0.15, 0.2) is 0 Å². The monoisotopic (exact) mass is 301 g/mol. The van der Waals surface area contributed by atoms with Crippen molar-refractivity contribution in [2.24, 2.45) is 0 Å². The smallest absolute Gasteiger partial charge is 0.119 e. The first-order valence-corrected chi connectivity index (χ1v) is 7.61. The quantitative estimate of drug-likeness (QED) is 0.681. The van der Waals surface area contributed by atoms with Crippen LogP contribution in [0.15, 0.2) is 54.6 Å². The Kier molecular flexibility index (Phi) is 7.12. The van der Waals surface area contributed by atoms with Crippen molar-refractivity contribution in [2.45, 2.75) is 6.92 Å². The molecule has 0 heterocycles. The summed E-state index contributed by atoms with van der Waals surface area (Å²) in [5, 5.41) is 3.31. The van der Waals surface area contributed by atoms with E-state index in [0.717, 1.165) is 30.3 Å². The van der Waals surface area contributed by atoms with E-state index in [-0.39, 0.29) is 0 Å². The molecule has 0 aliphatic heterocycles. The highest BCUT2D eigenvalue weighted by atomic mass is 16.5. The van der Waals surface area contributed by atoms with Gasteiger partial charge in [0.1, 0.15) is 24.7 Å². The van der Waals surface area contributed by atoms with Crippen LogP contribution >= 0.6 is 0 Å². The first-order chi connectivity index (χ1) is 10.9. The van der Waals surface area contributed by atoms with Crippen molar-refractivity contribution in [1.82, 2.24) is 0 Å². The Morgan fingerprint density at radius 3 is 2.18 bits per heavy atom. The summed E-state index contributed by atoms with van der Waals surface area (Å²) >= 11 is 0. The third-order valence-electron chi connectivity index (χ3n) is 3.00. The van der Waals surface area contributed by atoms with Crippen LogP contribution in [0.1, 0.15) is 6.92 Å². The second-order valence-electron chi connectivity index (χ2n) is 4.66. The van der Waals surface area contributed by atoms with Crippen LogP contribution in [-0.4, -0.2) is 33.0 Å². The molecule has 2 aromatic carbocycles. The van der Waals surface area contributed by atoms with Gasteiger partial charge >= 0.3 is 0 Å². The molecule has 0 saturated heterocycles. The zero-order valence-corrected chi connectivity index (χ0v) is 13.0. The molecule has 0 aliphatic carbocycles. The Hall–Kier alpha value is -2.20. The topological polar surface area (TPSA) is 39.7 Å². The van der Waals surface area contributed by atoms with Crippen LogP contribution in [-0.2, 0) is 4.74 Å². The normalized spacial score (nSPS) is 10.2. The molecule has 0 saturated carbocycles. The fraction of sp³-hybridized carbons (Fsp3) is 0.333. The van der Waals surface area contributed by atoms with Crippen molar-refractivity contribution in [3.8, 4) is 11.5 Å². The van der Waals surface area contributed by atoms with Gasteiger partial charge < -0.3 is 19.5 Å². The van der Waals surface area contributed by atoms with Gasteiger partial charge in [-0.05, 0) is 43.3 Å². The molecule has 4 nitrogen and oxygen atoms in total. The Balaban J connectivity index is 1.63. The van der Waals surface area contributed by atoms with Crippen LogP contribution < -0.4 is 14.8 Å². The van der Waals surface area contributed by atoms with E-state index in [1.807, 2.05) is 61.5 Å². The first-order valence-electron chi connectivity index (χ1n) is 7.61. The average molecular weight is 301 g/mol. The molecule has 4 heteroatoms. The molecule has 0 aromatic heterocycles. The zero-order valence-electron chi connectivity index (χ0n) is 13.0. The molecule has 0 atom stereocenters. The summed E-state index contributed by atoms with van der Waals surface area (Å²) in [5.74, 6) is 1.74. The van der Waals surface area contributed by atoms with Gasteiger partial charge in [-0.1, -0.05) is 18.2 Å². The van der Waals surface area contributed by atoms with Crippen LogP contribution in [0, 0.1) is 0 Å². The maximum absolute atomic E-state index is 5.63. The van der Waals surface area contributed by atoms with Crippen molar-refractivity contribution < 1.29 is 14.2 Å². The van der Waals surface area contributed by atoms with E-state index >= 15 is 0 Å². The van der Waals surface area contributed by atoms with Crippen LogP contribution in [0.25, 0.3) is 0 Å². The van der Waals surface area contributed by atoms with Gasteiger partial charge in [0.25, 0.3) is 0 Å². The number of rotatable bonds is 10. The molecule has 0 fully saturated rings. The molecule has 0 radical (unpaired) electrons. The fourth-order valence-corrected chi connectivity index (χ4v) is 1.91. The summed E-state index contributed by atoms with van der Waals surface area (Å²) in [6.07, 6.45) is 0. The summed E-state index contributed by atoms with van der Waals surface area (Å²) < 4.78 is 16.4. The van der Waals surface area contributed by atoms with Crippen molar-refractivity contribution in [1.29, 1.82) is 0 Å². The zero-order chi connectivity index (χ0) is 15.5. The predicted octanol–water partition coefficient (Wildman–Crippen LogP) is 3.59. The third-order valence-corrected chi connectivity index (χ3v) is 3.00. The molecule has 0 spiro atoms. The maximum Gasteiger partial charge on any atom is 0.119 e. The van der Waals surface area contributed by atoms with Gasteiger partial charge in [0, 0.05) is 18.8 Å². The maximum atomic E-state index is 5.63. The molecule has 0 amide bonds. The fourth-order valence-electron chi connectivity index (χ4n) is 1.91. The van der Waals surface area contributed by atoms with Gasteiger partial charge in [-0.2, -0.15) is 0 Å². The van der Waals surface area contributed by atoms with Crippen molar-refractivity contribution in [2.75, 3.05) is 38.3 Å². The van der Waals surface area contributed by atoms with Gasteiger partial charge in [0.2, 0.25) is 0 Å². The molecule has 2 aromatic rings. The SMILES string of the molecule is CCOCCOc1ccc(NCCOc2ccccc2)cc1. The van der Waals surface area contributed by atoms with Crippen molar-refractivity contribution in [3.05, 3.63) is 54.6 Å². The van der Waals surface area contributed by atoms with Crippen LogP contribution in [0.4, 0.5) is 5.69 Å². The molecular formula is C18H23NO3. The molecule has 1 N–H and O–H groups in total. The minimum absolute atomic E-state index is 0.575. The number of hydrogen-bond acceptors (Lipinski definition) is 4. The van der Waals surface area contributed by atoms with E-state index in [2.05, 4.69) is 5.32 Å². The number of anilines is 1. The summed E-state index contributed by atoms with van der Waals surface area (Å²) in [6, 6.07) is 17.7. The molecule has 2 rings (SSSR count). The summed E-state index contributed by atoms with van der Waals surface area (Å²) in [7, 11) is 0. The summed E-state index contributed by atoms with van der Waals surface area (Å²) in [5.41, 5.74) is 1.05. The lowest BCUT2D eigenvalue weighted by atomic mass is 10.3. The molecule has 22 heavy (non-hydrogen) atoms. The van der Waals surface area contributed by atoms with Gasteiger partial charge in [-0.15, -0.1) is 0 Å². The van der Waals surface area contributed by atoms with Crippen LogP contribution in [0.5, 0.6) is 11.5 Å². The summed E-state index contributed by atoms with van der Waals surface area (Å²) in [6.45, 7) is 5.26. The minimum atomic E-state index is 0.575. The highest BCUT2D eigenvalue weighted by Gasteiger charge is 1.96. The molecule has 0 aliphatic rings. The highest BCUT2D eigenvalue weighted by molar-refractivity contribution is 5.46. The van der Waals surface area contributed by atoms with E-state index in [4.69, 9.17) is 14.2 Å².